The van der Waals surface area contributed by atoms with Crippen LogP contribution in [0.4, 0.5) is 0 Å². The van der Waals surface area contributed by atoms with Gasteiger partial charge in [0.05, 0.1) is 0 Å². The lowest BCUT2D eigenvalue weighted by Gasteiger charge is -2.15. The summed E-state index contributed by atoms with van der Waals surface area (Å²) in [7, 11) is 0. The number of carbonyl (C=O) groups is 2. The summed E-state index contributed by atoms with van der Waals surface area (Å²) in [5, 5.41) is 8.72. The summed E-state index contributed by atoms with van der Waals surface area (Å²) in [6.07, 6.45) is 32.3. The first-order valence-corrected chi connectivity index (χ1v) is 15.7. The molecule has 0 bridgehead atoms. The summed E-state index contributed by atoms with van der Waals surface area (Å²) in [4.78, 5) is 23.0. The van der Waals surface area contributed by atoms with Crippen LogP contribution in [0.15, 0.2) is 12.2 Å². The van der Waals surface area contributed by atoms with Crippen molar-refractivity contribution in [1.82, 2.24) is 0 Å². The topological polar surface area (TPSA) is 63.6 Å². The molecule has 0 aliphatic carbocycles. The van der Waals surface area contributed by atoms with E-state index in [9.17, 15) is 9.59 Å². The highest BCUT2D eigenvalue weighted by Gasteiger charge is 2.11. The number of carboxylic acid groups (broad SMARTS) is 1. The molecule has 0 aromatic carbocycles. The summed E-state index contributed by atoms with van der Waals surface area (Å²) in [6, 6.07) is 0. The summed E-state index contributed by atoms with van der Waals surface area (Å²) >= 11 is 0. The molecule has 0 saturated heterocycles. The monoisotopic (exact) mass is 508 g/mol. The molecule has 0 aromatic rings. The van der Waals surface area contributed by atoms with Crippen LogP contribution in [0.2, 0.25) is 0 Å². The van der Waals surface area contributed by atoms with Crippen molar-refractivity contribution in [2.75, 3.05) is 0 Å². The van der Waals surface area contributed by atoms with Gasteiger partial charge in [-0.3, -0.25) is 9.59 Å². The quantitative estimate of drug-likeness (QED) is 0.0648. The second-order valence-corrected chi connectivity index (χ2v) is 10.6. The van der Waals surface area contributed by atoms with Crippen LogP contribution in [0.3, 0.4) is 0 Å². The molecule has 0 saturated carbocycles. The van der Waals surface area contributed by atoms with Crippen LogP contribution in [0.5, 0.6) is 0 Å². The van der Waals surface area contributed by atoms with Crippen molar-refractivity contribution in [2.24, 2.45) is 0 Å². The molecule has 0 radical (unpaired) electrons. The van der Waals surface area contributed by atoms with E-state index in [2.05, 4.69) is 26.0 Å². The zero-order valence-electron chi connectivity index (χ0n) is 24.1. The normalized spacial score (nSPS) is 12.3. The van der Waals surface area contributed by atoms with Gasteiger partial charge in [0.2, 0.25) is 0 Å². The molecule has 4 nitrogen and oxygen atoms in total. The van der Waals surface area contributed by atoms with Gasteiger partial charge in [-0.15, -0.1) is 0 Å². The second-order valence-electron chi connectivity index (χ2n) is 10.6. The van der Waals surface area contributed by atoms with E-state index in [0.29, 0.717) is 6.42 Å². The van der Waals surface area contributed by atoms with E-state index in [1.165, 1.54) is 83.5 Å². The molecule has 1 atom stereocenters. The number of allylic oxidation sites excluding steroid dienone is 1. The van der Waals surface area contributed by atoms with Crippen LogP contribution >= 0.6 is 0 Å². The van der Waals surface area contributed by atoms with Crippen molar-refractivity contribution in [3.63, 3.8) is 0 Å². The number of carboxylic acids is 1. The third-order valence-electron chi connectivity index (χ3n) is 6.97. The van der Waals surface area contributed by atoms with E-state index < -0.39 is 5.97 Å². The molecule has 0 fully saturated rings. The number of aliphatic carboxylic acids is 1. The first-order valence-electron chi connectivity index (χ1n) is 15.7. The molecule has 1 unspecified atom stereocenters. The Morgan fingerprint density at radius 1 is 0.611 bits per heavy atom. The Kier molecular flexibility index (Phi) is 27.2. The van der Waals surface area contributed by atoms with Crippen LogP contribution < -0.4 is 0 Å². The molecule has 1 N–H and O–H groups in total. The lowest BCUT2D eigenvalue weighted by Crippen LogP contribution is -2.16. The molecule has 0 aliphatic rings. The SMILES string of the molecule is CCCCCCCC/C=C\C(CCCCCCCCC(=O)O)OC(=O)CCCCCCCCCCC. The smallest absolute Gasteiger partial charge is 0.306 e. The minimum absolute atomic E-state index is 0.0409. The molecule has 212 valence electrons. The van der Waals surface area contributed by atoms with E-state index in [1.807, 2.05) is 0 Å². The Hall–Kier alpha value is -1.32. The second kappa shape index (κ2) is 28.3. The van der Waals surface area contributed by atoms with Crippen molar-refractivity contribution in [1.29, 1.82) is 0 Å². The van der Waals surface area contributed by atoms with Gasteiger partial charge in [0.25, 0.3) is 0 Å². The largest absolute Gasteiger partial charge is 0.481 e. The molecular formula is C32H60O4. The zero-order chi connectivity index (χ0) is 26.5. The van der Waals surface area contributed by atoms with Crippen molar-refractivity contribution in [3.8, 4) is 0 Å². The van der Waals surface area contributed by atoms with Gasteiger partial charge in [-0.2, -0.15) is 0 Å². The molecule has 36 heavy (non-hydrogen) atoms. The number of ether oxygens (including phenoxy) is 1. The zero-order valence-corrected chi connectivity index (χ0v) is 24.1. The van der Waals surface area contributed by atoms with E-state index in [1.54, 1.807) is 0 Å². The highest BCUT2D eigenvalue weighted by Crippen LogP contribution is 2.16. The Morgan fingerprint density at radius 3 is 1.58 bits per heavy atom. The number of rotatable bonds is 28. The molecule has 4 heteroatoms. The molecular weight excluding hydrogens is 448 g/mol. The van der Waals surface area contributed by atoms with Crippen molar-refractivity contribution in [2.45, 2.75) is 180 Å². The fraction of sp³-hybridized carbons (Fsp3) is 0.875. The predicted octanol–water partition coefficient (Wildman–Crippen LogP) is 10.3. The Labute approximate surface area is 224 Å². The summed E-state index contributed by atoms with van der Waals surface area (Å²) in [5.74, 6) is -0.740. The van der Waals surface area contributed by atoms with Crippen LogP contribution in [-0.2, 0) is 14.3 Å². The van der Waals surface area contributed by atoms with Gasteiger partial charge in [0.15, 0.2) is 0 Å². The Morgan fingerprint density at radius 2 is 1.06 bits per heavy atom. The van der Waals surface area contributed by atoms with Crippen LogP contribution in [0.25, 0.3) is 0 Å². The minimum atomic E-state index is -0.699. The number of unbranched alkanes of at least 4 members (excludes halogenated alkanes) is 19. The van der Waals surface area contributed by atoms with Gasteiger partial charge < -0.3 is 9.84 Å². The fourth-order valence-electron chi connectivity index (χ4n) is 4.62. The summed E-state index contributed by atoms with van der Waals surface area (Å²) < 4.78 is 5.86. The van der Waals surface area contributed by atoms with Gasteiger partial charge in [0.1, 0.15) is 6.10 Å². The number of esters is 1. The van der Waals surface area contributed by atoms with Gasteiger partial charge in [-0.1, -0.05) is 129 Å². The van der Waals surface area contributed by atoms with E-state index in [0.717, 1.165) is 64.2 Å². The highest BCUT2D eigenvalue weighted by molar-refractivity contribution is 5.69. The third-order valence-corrected chi connectivity index (χ3v) is 6.97. The van der Waals surface area contributed by atoms with E-state index >= 15 is 0 Å². The lowest BCUT2D eigenvalue weighted by molar-refractivity contribution is -0.147. The van der Waals surface area contributed by atoms with Gasteiger partial charge in [-0.25, -0.2) is 0 Å². The van der Waals surface area contributed by atoms with Crippen LogP contribution in [0.1, 0.15) is 174 Å². The molecule has 0 spiro atoms. The average Bonchev–Trinajstić information content (AvgIpc) is 2.85. The standard InChI is InChI=1S/C32H60O4/c1-3-5-7-9-11-13-15-21-25-29-32(35)36-30(26-22-18-14-12-10-8-6-4-2)27-23-19-16-17-20-24-28-31(33)34/h22,26,30H,3-21,23-25,27-29H2,1-2H3,(H,33,34)/b26-22-. The third kappa shape index (κ3) is 27.3. The van der Waals surface area contributed by atoms with E-state index in [4.69, 9.17) is 9.84 Å². The van der Waals surface area contributed by atoms with Crippen LogP contribution in [-0.4, -0.2) is 23.1 Å². The highest BCUT2D eigenvalue weighted by atomic mass is 16.5. The number of carbonyl (C=O) groups excluding carboxylic acids is 1. The maximum Gasteiger partial charge on any atom is 0.306 e. The number of hydrogen-bond acceptors (Lipinski definition) is 3. The average molecular weight is 509 g/mol. The van der Waals surface area contributed by atoms with Crippen LogP contribution in [0, 0.1) is 0 Å². The fourth-order valence-corrected chi connectivity index (χ4v) is 4.62. The molecule has 0 rings (SSSR count). The first-order chi connectivity index (χ1) is 17.6. The van der Waals surface area contributed by atoms with Gasteiger partial charge in [-0.05, 0) is 44.6 Å². The van der Waals surface area contributed by atoms with Gasteiger partial charge >= 0.3 is 11.9 Å². The predicted molar refractivity (Wildman–Crippen MR) is 153 cm³/mol. The molecule has 0 aliphatic heterocycles. The summed E-state index contributed by atoms with van der Waals surface area (Å²) in [5.41, 5.74) is 0. The lowest BCUT2D eigenvalue weighted by atomic mass is 10.0. The molecule has 0 aromatic heterocycles. The first kappa shape index (κ1) is 34.7. The Balaban J connectivity index is 4.14. The molecule has 0 heterocycles. The van der Waals surface area contributed by atoms with Crippen molar-refractivity contribution >= 4 is 11.9 Å². The maximum absolute atomic E-state index is 12.5. The summed E-state index contributed by atoms with van der Waals surface area (Å²) in [6.45, 7) is 4.50. The van der Waals surface area contributed by atoms with Crippen molar-refractivity contribution < 1.29 is 19.4 Å². The molecule has 0 amide bonds. The maximum atomic E-state index is 12.5. The number of hydrogen-bond donors (Lipinski definition) is 1. The van der Waals surface area contributed by atoms with Crippen molar-refractivity contribution in [3.05, 3.63) is 12.2 Å². The minimum Gasteiger partial charge on any atom is -0.481 e. The van der Waals surface area contributed by atoms with E-state index in [-0.39, 0.29) is 18.5 Å². The Bertz CT molecular complexity index is 514. The van der Waals surface area contributed by atoms with Gasteiger partial charge in [0, 0.05) is 12.8 Å².